The number of oxazole rings is 1. The highest BCUT2D eigenvalue weighted by Gasteiger charge is 2.06. The number of aromatic nitrogens is 3. The Morgan fingerprint density at radius 1 is 1.30 bits per heavy atom. The van der Waals surface area contributed by atoms with Crippen molar-refractivity contribution in [2.24, 2.45) is 0 Å². The van der Waals surface area contributed by atoms with Crippen LogP contribution in [0.5, 0.6) is 0 Å². The van der Waals surface area contributed by atoms with Gasteiger partial charge in [0, 0.05) is 25.5 Å². The van der Waals surface area contributed by atoms with Gasteiger partial charge in [0.15, 0.2) is 5.58 Å². The number of aryl methyl sites for hydroxylation is 1. The second kappa shape index (κ2) is 5.64. The second-order valence-corrected chi connectivity index (χ2v) is 4.65. The normalized spacial score (nSPS) is 11.0. The van der Waals surface area contributed by atoms with E-state index in [4.69, 9.17) is 10.2 Å². The number of benzene rings is 1. The summed E-state index contributed by atoms with van der Waals surface area (Å²) in [7, 11) is 0. The van der Waals surface area contributed by atoms with E-state index in [1.165, 1.54) is 0 Å². The molecule has 0 saturated carbocycles. The highest BCUT2D eigenvalue weighted by molar-refractivity contribution is 5.86. The molecule has 0 aliphatic carbocycles. The Labute approximate surface area is 116 Å². The van der Waals surface area contributed by atoms with Gasteiger partial charge in [-0.25, -0.2) is 4.98 Å². The number of nitrogen functional groups attached to an aromatic ring is 1. The molecule has 0 amide bonds. The molecule has 3 aromatic rings. The molecule has 0 saturated heterocycles. The Morgan fingerprint density at radius 2 is 2.25 bits per heavy atom. The van der Waals surface area contributed by atoms with Crippen LogP contribution in [0.15, 0.2) is 41.3 Å². The van der Waals surface area contributed by atoms with E-state index >= 15 is 0 Å². The van der Waals surface area contributed by atoms with Crippen LogP contribution in [0.2, 0.25) is 0 Å². The van der Waals surface area contributed by atoms with E-state index in [1.54, 1.807) is 6.20 Å². The van der Waals surface area contributed by atoms with Crippen molar-refractivity contribution in [3.63, 3.8) is 0 Å². The summed E-state index contributed by atoms with van der Waals surface area (Å²) in [5.74, 6) is 0. The third kappa shape index (κ3) is 2.74. The van der Waals surface area contributed by atoms with Crippen LogP contribution >= 0.6 is 0 Å². The summed E-state index contributed by atoms with van der Waals surface area (Å²) in [4.78, 5) is 8.35. The molecule has 104 valence electrons. The Morgan fingerprint density at radius 3 is 3.05 bits per heavy atom. The number of nitrogens with one attached hydrogen (secondary N) is 1. The number of nitrogens with zero attached hydrogens (tertiary/aromatic N) is 3. The zero-order valence-corrected chi connectivity index (χ0v) is 11.1. The van der Waals surface area contributed by atoms with Crippen molar-refractivity contribution >= 4 is 22.8 Å². The van der Waals surface area contributed by atoms with Crippen LogP contribution in [0, 0.1) is 0 Å². The predicted octanol–water partition coefficient (Wildman–Crippen LogP) is 2.50. The van der Waals surface area contributed by atoms with Crippen molar-refractivity contribution in [2.75, 3.05) is 17.6 Å². The minimum Gasteiger partial charge on any atom is -0.423 e. The molecule has 3 N–H and O–H groups in total. The van der Waals surface area contributed by atoms with Crippen LogP contribution in [0.1, 0.15) is 12.8 Å². The molecule has 0 unspecified atom stereocenters. The van der Waals surface area contributed by atoms with Gasteiger partial charge in [-0.2, -0.15) is 4.98 Å². The molecule has 2 heterocycles. The summed E-state index contributed by atoms with van der Waals surface area (Å²) >= 11 is 0. The maximum atomic E-state index is 5.84. The molecule has 0 spiro atoms. The van der Waals surface area contributed by atoms with Gasteiger partial charge in [-0.1, -0.05) is 6.07 Å². The first-order valence-electron chi connectivity index (χ1n) is 6.67. The number of rotatable bonds is 6. The largest absolute Gasteiger partial charge is 0.423 e. The predicted molar refractivity (Wildman–Crippen MR) is 78.4 cm³/mol. The Balaban J connectivity index is 1.49. The minimum atomic E-state index is 0.528. The number of unbranched alkanes of at least 4 members (excludes halogenated alkanes) is 1. The fraction of sp³-hybridized carbons (Fsp3) is 0.286. The summed E-state index contributed by atoms with van der Waals surface area (Å²) < 4.78 is 7.65. The zero-order valence-electron chi connectivity index (χ0n) is 11.1. The second-order valence-electron chi connectivity index (χ2n) is 4.65. The standard InChI is InChI=1S/C14H17N5O/c15-11-4-3-5-12-13(11)18-14(20-12)17-6-1-2-8-19-9-7-16-10-19/h3-5,7,9-10H,1-2,6,8,15H2,(H,17,18). The monoisotopic (exact) mass is 271 g/mol. The van der Waals surface area contributed by atoms with Crippen molar-refractivity contribution in [3.05, 3.63) is 36.9 Å². The van der Waals surface area contributed by atoms with Crippen molar-refractivity contribution < 1.29 is 4.42 Å². The summed E-state index contributed by atoms with van der Waals surface area (Å²) in [6.45, 7) is 1.80. The van der Waals surface area contributed by atoms with Gasteiger partial charge in [0.1, 0.15) is 5.52 Å². The molecule has 3 rings (SSSR count). The Hall–Kier alpha value is -2.50. The van der Waals surface area contributed by atoms with Crippen LogP contribution in [-0.4, -0.2) is 21.1 Å². The number of para-hydroxylation sites is 1. The summed E-state index contributed by atoms with van der Waals surface area (Å²) in [6.07, 6.45) is 7.70. The SMILES string of the molecule is Nc1cccc2oc(NCCCCn3ccnc3)nc12. The van der Waals surface area contributed by atoms with E-state index in [0.29, 0.717) is 22.8 Å². The molecule has 6 nitrogen and oxygen atoms in total. The van der Waals surface area contributed by atoms with Crippen molar-refractivity contribution in [2.45, 2.75) is 19.4 Å². The highest BCUT2D eigenvalue weighted by Crippen LogP contribution is 2.23. The first-order valence-corrected chi connectivity index (χ1v) is 6.67. The molecular weight excluding hydrogens is 254 g/mol. The zero-order chi connectivity index (χ0) is 13.8. The van der Waals surface area contributed by atoms with E-state index in [-0.39, 0.29) is 0 Å². The molecule has 2 aromatic heterocycles. The van der Waals surface area contributed by atoms with Gasteiger partial charge >= 0.3 is 0 Å². The van der Waals surface area contributed by atoms with Gasteiger partial charge in [0.25, 0.3) is 6.01 Å². The van der Waals surface area contributed by atoms with E-state index in [2.05, 4.69) is 19.9 Å². The molecular formula is C14H17N5O. The molecule has 0 aliphatic heterocycles. The number of nitrogens with two attached hydrogens (primary N) is 1. The third-order valence-corrected chi connectivity index (χ3v) is 3.13. The summed E-state index contributed by atoms with van der Waals surface area (Å²) in [5, 5.41) is 3.18. The quantitative estimate of drug-likeness (QED) is 0.531. The number of hydrogen-bond acceptors (Lipinski definition) is 5. The molecule has 1 aromatic carbocycles. The molecule has 0 bridgehead atoms. The average Bonchev–Trinajstić information content (AvgIpc) is 3.08. The van der Waals surface area contributed by atoms with Crippen LogP contribution in [0.3, 0.4) is 0 Å². The van der Waals surface area contributed by atoms with Crippen LogP contribution in [0.25, 0.3) is 11.1 Å². The lowest BCUT2D eigenvalue weighted by Crippen LogP contribution is -2.03. The van der Waals surface area contributed by atoms with Crippen molar-refractivity contribution in [1.82, 2.24) is 14.5 Å². The summed E-state index contributed by atoms with van der Waals surface area (Å²) in [5.41, 5.74) is 7.91. The maximum Gasteiger partial charge on any atom is 0.295 e. The Kier molecular flexibility index (Phi) is 3.54. The van der Waals surface area contributed by atoms with Gasteiger partial charge < -0.3 is 20.0 Å². The number of anilines is 2. The van der Waals surface area contributed by atoms with Gasteiger partial charge in [-0.05, 0) is 25.0 Å². The first kappa shape index (κ1) is 12.5. The van der Waals surface area contributed by atoms with Crippen molar-refractivity contribution in [3.8, 4) is 0 Å². The van der Waals surface area contributed by atoms with Gasteiger partial charge in [0.2, 0.25) is 0 Å². The lowest BCUT2D eigenvalue weighted by molar-refractivity contribution is 0.594. The van der Waals surface area contributed by atoms with Crippen LogP contribution in [-0.2, 0) is 6.54 Å². The van der Waals surface area contributed by atoms with Gasteiger partial charge in [0.05, 0.1) is 12.0 Å². The fourth-order valence-corrected chi connectivity index (χ4v) is 2.08. The third-order valence-electron chi connectivity index (χ3n) is 3.13. The molecule has 0 fully saturated rings. The Bertz CT molecular complexity index is 674. The lowest BCUT2D eigenvalue weighted by atomic mass is 10.3. The first-order chi connectivity index (χ1) is 9.83. The van der Waals surface area contributed by atoms with Crippen LogP contribution < -0.4 is 11.1 Å². The molecule has 20 heavy (non-hydrogen) atoms. The maximum absolute atomic E-state index is 5.84. The number of fused-ring (bicyclic) bond motifs is 1. The smallest absolute Gasteiger partial charge is 0.295 e. The van der Waals surface area contributed by atoms with Gasteiger partial charge in [-0.15, -0.1) is 0 Å². The average molecular weight is 271 g/mol. The van der Waals surface area contributed by atoms with E-state index in [9.17, 15) is 0 Å². The highest BCUT2D eigenvalue weighted by atomic mass is 16.4. The van der Waals surface area contributed by atoms with Crippen molar-refractivity contribution in [1.29, 1.82) is 0 Å². The van der Waals surface area contributed by atoms with Gasteiger partial charge in [-0.3, -0.25) is 0 Å². The van der Waals surface area contributed by atoms with E-state index in [1.807, 2.05) is 30.7 Å². The lowest BCUT2D eigenvalue weighted by Gasteiger charge is -2.02. The van der Waals surface area contributed by atoms with Crippen LogP contribution in [0.4, 0.5) is 11.7 Å². The molecule has 0 aliphatic rings. The van der Waals surface area contributed by atoms with E-state index in [0.717, 1.165) is 25.9 Å². The molecule has 0 radical (unpaired) electrons. The molecule has 6 heteroatoms. The topological polar surface area (TPSA) is 81.9 Å². The fourth-order valence-electron chi connectivity index (χ4n) is 2.08. The minimum absolute atomic E-state index is 0.528. The number of hydrogen-bond donors (Lipinski definition) is 2. The summed E-state index contributed by atoms with van der Waals surface area (Å²) in [6, 6.07) is 6.07. The number of imidazole rings is 1. The van der Waals surface area contributed by atoms with E-state index < -0.39 is 0 Å². The molecule has 0 atom stereocenters.